The Kier molecular flexibility index (Phi) is 5.65. The Hall–Kier alpha value is -4.86. The zero-order chi connectivity index (χ0) is 26.3. The van der Waals surface area contributed by atoms with Crippen LogP contribution in [0, 0.1) is 12.8 Å². The molecule has 6 aromatic heterocycles. The van der Waals surface area contributed by atoms with Crippen molar-refractivity contribution in [3.8, 4) is 28.3 Å². The quantitative estimate of drug-likeness (QED) is 0.274. The first-order valence-electron chi connectivity index (χ1n) is 13.2. The molecule has 0 bridgehead atoms. The SMILES string of the molecule is Cc1cn(-c2cncc3[nH]c(-c4n[nH]c5ccc(-c6cncc(NC(=O)C7CCCCC7)c6)nc45)cc23)cn1. The minimum atomic E-state index is 0.0766. The minimum absolute atomic E-state index is 0.0766. The second-order valence-electron chi connectivity index (χ2n) is 10.2. The van der Waals surface area contributed by atoms with Crippen molar-refractivity contribution in [2.45, 2.75) is 39.0 Å². The highest BCUT2D eigenvalue weighted by molar-refractivity contribution is 5.97. The van der Waals surface area contributed by atoms with Crippen molar-refractivity contribution in [3.63, 3.8) is 0 Å². The predicted molar refractivity (Wildman–Crippen MR) is 149 cm³/mol. The van der Waals surface area contributed by atoms with Gasteiger partial charge in [-0.25, -0.2) is 9.97 Å². The van der Waals surface area contributed by atoms with Crippen molar-refractivity contribution in [2.24, 2.45) is 5.92 Å². The molecule has 3 N–H and O–H groups in total. The van der Waals surface area contributed by atoms with Gasteiger partial charge in [0, 0.05) is 29.3 Å². The minimum Gasteiger partial charge on any atom is -0.352 e. The summed E-state index contributed by atoms with van der Waals surface area (Å²) in [5.41, 5.74) is 8.13. The van der Waals surface area contributed by atoms with Crippen molar-refractivity contribution < 1.29 is 4.79 Å². The van der Waals surface area contributed by atoms with Crippen LogP contribution in [0.25, 0.3) is 50.3 Å². The van der Waals surface area contributed by atoms with Crippen LogP contribution >= 0.6 is 0 Å². The van der Waals surface area contributed by atoms with E-state index in [0.717, 1.165) is 76.0 Å². The maximum absolute atomic E-state index is 12.8. The highest BCUT2D eigenvalue weighted by Gasteiger charge is 2.21. The molecule has 0 radical (unpaired) electrons. The van der Waals surface area contributed by atoms with Crippen molar-refractivity contribution in [2.75, 3.05) is 5.32 Å². The van der Waals surface area contributed by atoms with Crippen LogP contribution in [0.15, 0.2) is 61.6 Å². The largest absolute Gasteiger partial charge is 0.352 e. The number of rotatable bonds is 5. The van der Waals surface area contributed by atoms with Crippen LogP contribution in [0.3, 0.4) is 0 Å². The van der Waals surface area contributed by atoms with Crippen molar-refractivity contribution in [1.29, 1.82) is 0 Å². The fourth-order valence-electron chi connectivity index (χ4n) is 5.43. The topological polar surface area (TPSA) is 130 Å². The van der Waals surface area contributed by atoms with E-state index in [9.17, 15) is 4.79 Å². The molecule has 39 heavy (non-hydrogen) atoms. The van der Waals surface area contributed by atoms with Crippen LogP contribution in [0.2, 0.25) is 0 Å². The molecule has 194 valence electrons. The highest BCUT2D eigenvalue weighted by atomic mass is 16.1. The monoisotopic (exact) mass is 517 g/mol. The molecule has 10 heteroatoms. The molecule has 0 spiro atoms. The Morgan fingerprint density at radius 3 is 2.74 bits per heavy atom. The summed E-state index contributed by atoms with van der Waals surface area (Å²) < 4.78 is 1.97. The molecule has 6 heterocycles. The molecule has 0 unspecified atom stereocenters. The van der Waals surface area contributed by atoms with Crippen molar-refractivity contribution in [1.82, 2.24) is 39.7 Å². The van der Waals surface area contributed by atoms with Crippen LogP contribution < -0.4 is 5.32 Å². The number of nitrogens with one attached hydrogen (secondary N) is 3. The van der Waals surface area contributed by atoms with Gasteiger partial charge in [-0.3, -0.25) is 19.9 Å². The van der Waals surface area contributed by atoms with E-state index in [1.807, 2.05) is 42.1 Å². The fraction of sp³-hybridized carbons (Fsp3) is 0.241. The number of aryl methyl sites for hydroxylation is 1. The average molecular weight is 518 g/mol. The van der Waals surface area contributed by atoms with E-state index >= 15 is 0 Å². The lowest BCUT2D eigenvalue weighted by Crippen LogP contribution is -2.24. The number of H-pyrrole nitrogens is 2. The molecule has 1 aliphatic carbocycles. The van der Waals surface area contributed by atoms with Crippen LogP contribution in [-0.2, 0) is 4.79 Å². The van der Waals surface area contributed by atoms with Gasteiger partial charge in [0.25, 0.3) is 0 Å². The van der Waals surface area contributed by atoms with E-state index in [2.05, 4.69) is 41.5 Å². The number of fused-ring (bicyclic) bond motifs is 2. The van der Waals surface area contributed by atoms with Gasteiger partial charge in [0.2, 0.25) is 5.91 Å². The van der Waals surface area contributed by atoms with Gasteiger partial charge in [-0.2, -0.15) is 5.10 Å². The third kappa shape index (κ3) is 4.33. The normalized spacial score (nSPS) is 14.3. The first-order valence-corrected chi connectivity index (χ1v) is 13.2. The number of hydrogen-bond donors (Lipinski definition) is 3. The van der Waals surface area contributed by atoms with Crippen molar-refractivity contribution >= 4 is 33.5 Å². The molecule has 7 rings (SSSR count). The number of amides is 1. The summed E-state index contributed by atoms with van der Waals surface area (Å²) in [6.07, 6.45) is 16.2. The highest BCUT2D eigenvalue weighted by Crippen LogP contribution is 2.32. The summed E-state index contributed by atoms with van der Waals surface area (Å²) in [4.78, 5) is 34.3. The first kappa shape index (κ1) is 23.3. The number of nitrogens with zero attached hydrogens (tertiary/aromatic N) is 6. The van der Waals surface area contributed by atoms with Gasteiger partial charge in [0.05, 0.1) is 64.4 Å². The average Bonchev–Trinajstić information content (AvgIpc) is 3.71. The number of carbonyl (C=O) groups is 1. The molecular weight excluding hydrogens is 490 g/mol. The molecule has 10 nitrogen and oxygen atoms in total. The van der Waals surface area contributed by atoms with Gasteiger partial charge in [0.15, 0.2) is 0 Å². The maximum Gasteiger partial charge on any atom is 0.227 e. The van der Waals surface area contributed by atoms with Gasteiger partial charge in [0.1, 0.15) is 11.2 Å². The number of hydrogen-bond acceptors (Lipinski definition) is 6. The molecule has 1 aliphatic rings. The van der Waals surface area contributed by atoms with E-state index in [1.54, 1.807) is 24.9 Å². The van der Waals surface area contributed by atoms with Gasteiger partial charge >= 0.3 is 0 Å². The lowest BCUT2D eigenvalue weighted by atomic mass is 9.88. The molecule has 0 aliphatic heterocycles. The maximum atomic E-state index is 12.8. The third-order valence-corrected chi connectivity index (χ3v) is 7.45. The van der Waals surface area contributed by atoms with Crippen LogP contribution in [0.5, 0.6) is 0 Å². The second-order valence-corrected chi connectivity index (χ2v) is 10.2. The molecule has 1 amide bonds. The summed E-state index contributed by atoms with van der Waals surface area (Å²) in [5.74, 6) is 0.155. The van der Waals surface area contributed by atoms with Crippen molar-refractivity contribution in [3.05, 3.63) is 67.3 Å². The van der Waals surface area contributed by atoms with Crippen LogP contribution in [0.4, 0.5) is 5.69 Å². The number of aromatic nitrogens is 8. The molecule has 1 fully saturated rings. The lowest BCUT2D eigenvalue weighted by molar-refractivity contribution is -0.120. The van der Waals surface area contributed by atoms with E-state index < -0.39 is 0 Å². The lowest BCUT2D eigenvalue weighted by Gasteiger charge is -2.20. The fourth-order valence-corrected chi connectivity index (χ4v) is 5.43. The van der Waals surface area contributed by atoms with E-state index in [1.165, 1.54) is 6.42 Å². The Morgan fingerprint density at radius 1 is 1.03 bits per heavy atom. The first-order chi connectivity index (χ1) is 19.1. The Balaban J connectivity index is 1.22. The molecule has 0 atom stereocenters. The van der Waals surface area contributed by atoms with Crippen LogP contribution in [-0.4, -0.2) is 45.6 Å². The number of imidazole rings is 1. The summed E-state index contributed by atoms with van der Waals surface area (Å²) in [7, 11) is 0. The number of aromatic amines is 2. The zero-order valence-electron chi connectivity index (χ0n) is 21.5. The Labute approximate surface area is 223 Å². The van der Waals surface area contributed by atoms with Crippen LogP contribution in [0.1, 0.15) is 37.8 Å². The second kappa shape index (κ2) is 9.46. The summed E-state index contributed by atoms with van der Waals surface area (Å²) in [6, 6.07) is 7.89. The number of carbonyl (C=O) groups excluding carboxylic acids is 1. The van der Waals surface area contributed by atoms with E-state index in [4.69, 9.17) is 4.98 Å². The standard InChI is InChI=1S/C29H27N9O/c1-17-15-38(16-32-17)26-14-31-13-25-21(26)10-24(34-25)28-27-23(36-37-28)8-7-22(35-27)19-9-20(12-30-11-19)33-29(39)18-5-3-2-4-6-18/h7-16,18,34H,2-6H2,1H3,(H,33,39)(H,36,37). The van der Waals surface area contributed by atoms with Gasteiger partial charge in [-0.05, 0) is 44.0 Å². The number of anilines is 1. The number of pyridine rings is 3. The summed E-state index contributed by atoms with van der Waals surface area (Å²) in [6.45, 7) is 1.96. The molecule has 0 aromatic carbocycles. The van der Waals surface area contributed by atoms with E-state index in [0.29, 0.717) is 11.4 Å². The Morgan fingerprint density at radius 2 is 1.90 bits per heavy atom. The molecular formula is C29H27N9O. The molecule has 0 saturated heterocycles. The van der Waals surface area contributed by atoms with Gasteiger partial charge in [-0.1, -0.05) is 19.3 Å². The Bertz CT molecular complexity index is 1820. The van der Waals surface area contributed by atoms with E-state index in [-0.39, 0.29) is 11.8 Å². The smallest absolute Gasteiger partial charge is 0.227 e. The van der Waals surface area contributed by atoms with Gasteiger partial charge < -0.3 is 14.9 Å². The zero-order valence-corrected chi connectivity index (χ0v) is 21.5. The van der Waals surface area contributed by atoms with Gasteiger partial charge in [-0.15, -0.1) is 0 Å². The summed E-state index contributed by atoms with van der Waals surface area (Å²) in [5, 5.41) is 11.7. The summed E-state index contributed by atoms with van der Waals surface area (Å²) >= 11 is 0. The third-order valence-electron chi connectivity index (χ3n) is 7.45. The molecule has 1 saturated carbocycles. The molecule has 6 aromatic rings. The predicted octanol–water partition coefficient (Wildman–Crippen LogP) is 5.58.